The summed E-state index contributed by atoms with van der Waals surface area (Å²) in [4.78, 5) is 9.49. The van der Waals surface area contributed by atoms with Crippen molar-refractivity contribution < 1.29 is 9.84 Å². The van der Waals surface area contributed by atoms with E-state index in [0.29, 0.717) is 24.0 Å². The lowest BCUT2D eigenvalue weighted by Crippen LogP contribution is -2.48. The number of morpholine rings is 1. The summed E-state index contributed by atoms with van der Waals surface area (Å²) in [5.41, 5.74) is 1.27. The molecule has 3 rings (SSSR count). The van der Waals surface area contributed by atoms with Crippen LogP contribution in [0.15, 0.2) is 18.3 Å². The molecule has 4 atom stereocenters. The Balaban J connectivity index is 1.61. The predicted molar refractivity (Wildman–Crippen MR) is 104 cm³/mol. The number of aromatic nitrogens is 1. The van der Waals surface area contributed by atoms with Crippen molar-refractivity contribution in [3.8, 4) is 0 Å². The fourth-order valence-electron chi connectivity index (χ4n) is 4.16. The number of hydrogen-bond acceptors (Lipinski definition) is 6. The Hall–Kier alpha value is -0.820. The molecule has 2 aliphatic rings. The van der Waals surface area contributed by atoms with E-state index in [-0.39, 0.29) is 6.61 Å². The van der Waals surface area contributed by atoms with Gasteiger partial charge in [0.15, 0.2) is 0 Å². The van der Waals surface area contributed by atoms with Gasteiger partial charge in [-0.3, -0.25) is 4.90 Å². The van der Waals surface area contributed by atoms with Crippen molar-refractivity contribution in [1.29, 1.82) is 0 Å². The zero-order chi connectivity index (χ0) is 17.8. The Bertz CT molecular complexity index is 532. The zero-order valence-corrected chi connectivity index (χ0v) is 16.4. The lowest BCUT2D eigenvalue weighted by molar-refractivity contribution is -0.0725. The molecule has 5 nitrogen and oxygen atoms in total. The van der Waals surface area contributed by atoms with E-state index in [1.165, 1.54) is 5.56 Å². The Morgan fingerprint density at radius 2 is 1.88 bits per heavy atom. The quantitative estimate of drug-likeness (QED) is 0.833. The third-order valence-corrected chi connectivity index (χ3v) is 5.87. The number of rotatable bonds is 6. The van der Waals surface area contributed by atoms with Gasteiger partial charge in [-0.1, -0.05) is 6.07 Å². The minimum atomic E-state index is 0.251. The van der Waals surface area contributed by atoms with E-state index in [1.807, 2.05) is 18.0 Å². The summed E-state index contributed by atoms with van der Waals surface area (Å²) in [6.45, 7) is 9.42. The summed E-state index contributed by atoms with van der Waals surface area (Å²) >= 11 is 1.81. The van der Waals surface area contributed by atoms with E-state index in [2.05, 4.69) is 47.0 Å². The first-order chi connectivity index (χ1) is 12.1. The van der Waals surface area contributed by atoms with Crippen molar-refractivity contribution in [2.75, 3.05) is 50.5 Å². The van der Waals surface area contributed by atoms with Gasteiger partial charge in [0.2, 0.25) is 0 Å². The summed E-state index contributed by atoms with van der Waals surface area (Å²) in [6, 6.07) is 4.30. The molecule has 2 fully saturated rings. The van der Waals surface area contributed by atoms with Gasteiger partial charge in [-0.2, -0.15) is 11.8 Å². The van der Waals surface area contributed by atoms with Crippen LogP contribution in [-0.2, 0) is 10.5 Å². The second-order valence-electron chi connectivity index (χ2n) is 7.54. The van der Waals surface area contributed by atoms with Crippen LogP contribution in [0.25, 0.3) is 0 Å². The molecule has 1 aromatic rings. The largest absolute Gasteiger partial charge is 0.396 e. The first kappa shape index (κ1) is 19.0. The van der Waals surface area contributed by atoms with Crippen molar-refractivity contribution in [3.05, 3.63) is 23.9 Å². The van der Waals surface area contributed by atoms with Gasteiger partial charge in [0, 0.05) is 57.2 Å². The molecule has 140 valence electrons. The number of ether oxygens (including phenoxy) is 1. The average Bonchev–Trinajstić information content (AvgIpc) is 2.98. The maximum atomic E-state index is 9.86. The Kier molecular flexibility index (Phi) is 6.61. The number of thioether (sulfide) groups is 1. The van der Waals surface area contributed by atoms with Crippen LogP contribution in [0.4, 0.5) is 5.82 Å². The number of pyridine rings is 1. The molecule has 1 aromatic heterocycles. The molecule has 0 bridgehead atoms. The number of anilines is 1. The number of hydrogen-bond donors (Lipinski definition) is 1. The summed E-state index contributed by atoms with van der Waals surface area (Å²) in [6.07, 6.45) is 4.68. The van der Waals surface area contributed by atoms with Crippen LogP contribution in [0.1, 0.15) is 19.4 Å². The van der Waals surface area contributed by atoms with Gasteiger partial charge in [-0.05, 0) is 37.7 Å². The summed E-state index contributed by atoms with van der Waals surface area (Å²) in [7, 11) is 0. The van der Waals surface area contributed by atoms with Crippen molar-refractivity contribution in [2.45, 2.75) is 31.8 Å². The third kappa shape index (κ3) is 4.88. The second kappa shape index (κ2) is 8.71. The highest BCUT2D eigenvalue weighted by Gasteiger charge is 2.35. The number of aliphatic hydroxyl groups is 1. The van der Waals surface area contributed by atoms with Crippen LogP contribution >= 0.6 is 11.8 Å². The van der Waals surface area contributed by atoms with Crippen LogP contribution in [0, 0.1) is 11.8 Å². The van der Waals surface area contributed by atoms with E-state index < -0.39 is 0 Å². The minimum absolute atomic E-state index is 0.251. The van der Waals surface area contributed by atoms with Crippen LogP contribution in [0.5, 0.6) is 0 Å². The van der Waals surface area contributed by atoms with Crippen molar-refractivity contribution >= 4 is 17.6 Å². The van der Waals surface area contributed by atoms with Gasteiger partial charge in [-0.15, -0.1) is 0 Å². The Labute approximate surface area is 155 Å². The standard InChI is InChI=1S/C19H31N3O2S/c1-14-7-21(8-15(2)24-14)9-17-10-22(11-18(17)12-23)19-5-4-16(6-20-19)13-25-3/h4-6,14-15,17-18,23H,7-13H2,1-3H3/t14-,15+,17-,18-/m1/s1. The summed E-state index contributed by atoms with van der Waals surface area (Å²) in [5.74, 6) is 2.84. The molecule has 2 saturated heterocycles. The monoisotopic (exact) mass is 365 g/mol. The second-order valence-corrected chi connectivity index (χ2v) is 8.41. The Morgan fingerprint density at radius 1 is 1.16 bits per heavy atom. The van der Waals surface area contributed by atoms with E-state index >= 15 is 0 Å². The summed E-state index contributed by atoms with van der Waals surface area (Å²) < 4.78 is 5.84. The molecule has 0 radical (unpaired) electrons. The van der Waals surface area contributed by atoms with Crippen LogP contribution in [-0.4, -0.2) is 72.8 Å². The van der Waals surface area contributed by atoms with Crippen molar-refractivity contribution in [3.63, 3.8) is 0 Å². The smallest absolute Gasteiger partial charge is 0.128 e. The van der Waals surface area contributed by atoms with Gasteiger partial charge in [0.25, 0.3) is 0 Å². The average molecular weight is 366 g/mol. The molecular formula is C19H31N3O2S. The molecular weight excluding hydrogens is 334 g/mol. The first-order valence-electron chi connectivity index (χ1n) is 9.26. The van der Waals surface area contributed by atoms with Gasteiger partial charge < -0.3 is 14.7 Å². The van der Waals surface area contributed by atoms with Crippen molar-refractivity contribution in [2.24, 2.45) is 11.8 Å². The highest BCUT2D eigenvalue weighted by molar-refractivity contribution is 7.97. The fraction of sp³-hybridized carbons (Fsp3) is 0.737. The Morgan fingerprint density at radius 3 is 2.48 bits per heavy atom. The highest BCUT2D eigenvalue weighted by Crippen LogP contribution is 2.29. The molecule has 0 spiro atoms. The van der Waals surface area contributed by atoms with E-state index in [4.69, 9.17) is 4.74 Å². The van der Waals surface area contributed by atoms with Gasteiger partial charge in [-0.25, -0.2) is 4.98 Å². The molecule has 25 heavy (non-hydrogen) atoms. The lowest BCUT2D eigenvalue weighted by atomic mass is 9.96. The molecule has 1 N–H and O–H groups in total. The normalized spacial score (nSPS) is 30.8. The zero-order valence-electron chi connectivity index (χ0n) is 15.6. The topological polar surface area (TPSA) is 48.8 Å². The maximum Gasteiger partial charge on any atom is 0.128 e. The molecule has 2 aliphatic heterocycles. The maximum absolute atomic E-state index is 9.86. The van der Waals surface area contributed by atoms with Crippen molar-refractivity contribution in [1.82, 2.24) is 9.88 Å². The van der Waals surface area contributed by atoms with E-state index in [1.54, 1.807) is 0 Å². The molecule has 0 amide bonds. The molecule has 6 heteroatoms. The molecule has 0 unspecified atom stereocenters. The predicted octanol–water partition coefficient (Wildman–Crippen LogP) is 2.10. The van der Waals surface area contributed by atoms with Gasteiger partial charge >= 0.3 is 0 Å². The van der Waals surface area contributed by atoms with E-state index in [0.717, 1.165) is 44.3 Å². The fourth-order valence-corrected chi connectivity index (χ4v) is 4.66. The number of aliphatic hydroxyl groups excluding tert-OH is 1. The third-order valence-electron chi connectivity index (χ3n) is 5.24. The molecule has 0 aromatic carbocycles. The lowest BCUT2D eigenvalue weighted by Gasteiger charge is -2.37. The molecule has 0 aliphatic carbocycles. The summed E-state index contributed by atoms with van der Waals surface area (Å²) in [5, 5.41) is 9.86. The van der Waals surface area contributed by atoms with Crippen LogP contribution < -0.4 is 4.90 Å². The van der Waals surface area contributed by atoms with Gasteiger partial charge in [0.05, 0.1) is 12.2 Å². The molecule has 3 heterocycles. The first-order valence-corrected chi connectivity index (χ1v) is 10.7. The minimum Gasteiger partial charge on any atom is -0.396 e. The van der Waals surface area contributed by atoms with Crippen LogP contribution in [0.3, 0.4) is 0 Å². The van der Waals surface area contributed by atoms with Gasteiger partial charge in [0.1, 0.15) is 5.82 Å². The molecule has 0 saturated carbocycles. The number of nitrogens with zero attached hydrogens (tertiary/aromatic N) is 3. The van der Waals surface area contributed by atoms with E-state index in [9.17, 15) is 5.11 Å². The van der Waals surface area contributed by atoms with Crippen LogP contribution in [0.2, 0.25) is 0 Å². The highest BCUT2D eigenvalue weighted by atomic mass is 32.2. The SMILES string of the molecule is CSCc1ccc(N2C[C@@H](CN3C[C@@H](C)O[C@@H](C)C3)[C@@H](CO)C2)nc1.